The summed E-state index contributed by atoms with van der Waals surface area (Å²) < 4.78 is 5.10. The van der Waals surface area contributed by atoms with Gasteiger partial charge in [0.15, 0.2) is 5.70 Å². The Morgan fingerprint density at radius 3 is 3.06 bits per heavy atom. The molecule has 0 fully saturated rings. The van der Waals surface area contributed by atoms with Gasteiger partial charge in [0.2, 0.25) is 0 Å². The summed E-state index contributed by atoms with van der Waals surface area (Å²) in [5.41, 5.74) is 4.49. The van der Waals surface area contributed by atoms with Crippen LogP contribution in [0, 0.1) is 6.92 Å². The first-order valence-electron chi connectivity index (χ1n) is 6.05. The number of ether oxygens (including phenoxy) is 1. The molecule has 1 aromatic carbocycles. The Labute approximate surface area is 105 Å². The molecule has 0 saturated carbocycles. The second-order valence-corrected chi connectivity index (χ2v) is 4.49. The van der Waals surface area contributed by atoms with Crippen molar-refractivity contribution in [2.24, 2.45) is 4.99 Å². The fourth-order valence-corrected chi connectivity index (χ4v) is 2.22. The summed E-state index contributed by atoms with van der Waals surface area (Å²) in [7, 11) is 0. The molecule has 4 nitrogen and oxygen atoms in total. The molecule has 18 heavy (non-hydrogen) atoms. The number of hydrogen-bond donors (Lipinski definition) is 1. The zero-order valence-corrected chi connectivity index (χ0v) is 10.4. The van der Waals surface area contributed by atoms with Crippen molar-refractivity contribution in [2.45, 2.75) is 20.3 Å². The van der Waals surface area contributed by atoms with E-state index < -0.39 is 0 Å². The van der Waals surface area contributed by atoms with Gasteiger partial charge < -0.3 is 10.1 Å². The third-order valence-corrected chi connectivity index (χ3v) is 3.19. The van der Waals surface area contributed by atoms with Crippen LogP contribution in [0.3, 0.4) is 0 Å². The summed E-state index contributed by atoms with van der Waals surface area (Å²) in [6.45, 7) is 4.35. The third kappa shape index (κ3) is 1.61. The summed E-state index contributed by atoms with van der Waals surface area (Å²) in [5.74, 6) is 0.469. The van der Waals surface area contributed by atoms with Gasteiger partial charge in [0, 0.05) is 23.2 Å². The predicted octanol–water partition coefficient (Wildman–Crippen LogP) is 2.50. The molecule has 0 spiro atoms. The molecule has 2 aliphatic heterocycles. The molecule has 0 aliphatic carbocycles. The highest BCUT2D eigenvalue weighted by atomic mass is 16.5. The van der Waals surface area contributed by atoms with Crippen molar-refractivity contribution in [3.8, 4) is 0 Å². The first-order chi connectivity index (χ1) is 8.69. The van der Waals surface area contributed by atoms with Crippen LogP contribution >= 0.6 is 0 Å². The lowest BCUT2D eigenvalue weighted by Crippen LogP contribution is -2.12. The van der Waals surface area contributed by atoms with Crippen LogP contribution in [0.2, 0.25) is 0 Å². The Morgan fingerprint density at radius 1 is 1.44 bits per heavy atom. The molecule has 1 aromatic rings. The van der Waals surface area contributed by atoms with E-state index in [0.29, 0.717) is 12.3 Å². The first kappa shape index (κ1) is 11.0. The number of aliphatic imine (C=N–C) groups is 1. The fourth-order valence-electron chi connectivity index (χ4n) is 2.22. The maximum Gasteiger partial charge on any atom is 0.357 e. The van der Waals surface area contributed by atoms with Gasteiger partial charge in [-0.3, -0.25) is 0 Å². The molecule has 0 unspecified atom stereocenters. The minimum absolute atomic E-state index is 0.312. The van der Waals surface area contributed by atoms with E-state index in [1.807, 2.05) is 26.0 Å². The Balaban J connectivity index is 2.24. The predicted molar refractivity (Wildman–Crippen MR) is 70.4 cm³/mol. The van der Waals surface area contributed by atoms with E-state index in [4.69, 9.17) is 4.74 Å². The number of carbonyl (C=O) groups is 1. The number of amidine groups is 1. The van der Waals surface area contributed by atoms with Crippen molar-refractivity contribution in [3.63, 3.8) is 0 Å². The molecule has 0 saturated heterocycles. The van der Waals surface area contributed by atoms with Gasteiger partial charge in [-0.1, -0.05) is 18.6 Å². The van der Waals surface area contributed by atoms with Crippen LogP contribution in [0.25, 0.3) is 5.57 Å². The molecular weight excluding hydrogens is 228 g/mol. The van der Waals surface area contributed by atoms with Gasteiger partial charge >= 0.3 is 5.97 Å². The van der Waals surface area contributed by atoms with Crippen molar-refractivity contribution >= 4 is 23.1 Å². The number of cyclic esters (lactones) is 1. The van der Waals surface area contributed by atoms with Crippen molar-refractivity contribution in [1.82, 2.24) is 0 Å². The van der Waals surface area contributed by atoms with Gasteiger partial charge in [-0.25, -0.2) is 9.79 Å². The number of anilines is 1. The van der Waals surface area contributed by atoms with Gasteiger partial charge in [-0.05, 0) is 19.1 Å². The van der Waals surface area contributed by atoms with E-state index in [9.17, 15) is 4.79 Å². The number of nitrogens with zero attached hydrogens (tertiary/aromatic N) is 1. The normalized spacial score (nSPS) is 17.4. The SMILES string of the molecule is CCC1=NC2=C(COC2=O)c2cc(C)ccc2N1. The summed E-state index contributed by atoms with van der Waals surface area (Å²) in [4.78, 5) is 16.1. The molecule has 4 heteroatoms. The quantitative estimate of drug-likeness (QED) is 0.770. The topological polar surface area (TPSA) is 50.7 Å². The van der Waals surface area contributed by atoms with E-state index in [0.717, 1.165) is 34.6 Å². The van der Waals surface area contributed by atoms with Crippen LogP contribution < -0.4 is 5.32 Å². The van der Waals surface area contributed by atoms with E-state index in [2.05, 4.69) is 16.4 Å². The van der Waals surface area contributed by atoms with Crippen molar-refractivity contribution < 1.29 is 9.53 Å². The number of aryl methyl sites for hydroxylation is 1. The minimum atomic E-state index is -0.327. The number of nitrogens with one attached hydrogen (secondary N) is 1. The Kier molecular flexibility index (Phi) is 2.44. The molecule has 1 N–H and O–H groups in total. The van der Waals surface area contributed by atoms with Crippen LogP contribution in [-0.2, 0) is 9.53 Å². The summed E-state index contributed by atoms with van der Waals surface area (Å²) in [5, 5.41) is 3.29. The highest BCUT2D eigenvalue weighted by molar-refractivity contribution is 6.10. The summed E-state index contributed by atoms with van der Waals surface area (Å²) >= 11 is 0. The van der Waals surface area contributed by atoms with Crippen LogP contribution in [0.5, 0.6) is 0 Å². The molecular formula is C14H14N2O2. The van der Waals surface area contributed by atoms with Gasteiger partial charge in [0.05, 0.1) is 0 Å². The first-order valence-corrected chi connectivity index (χ1v) is 6.05. The molecule has 0 aromatic heterocycles. The Morgan fingerprint density at radius 2 is 2.28 bits per heavy atom. The number of hydrogen-bond acceptors (Lipinski definition) is 4. The smallest absolute Gasteiger partial charge is 0.357 e. The van der Waals surface area contributed by atoms with Crippen molar-refractivity contribution in [1.29, 1.82) is 0 Å². The number of benzene rings is 1. The Bertz CT molecular complexity index is 600. The van der Waals surface area contributed by atoms with E-state index in [1.54, 1.807) is 0 Å². The molecule has 0 bridgehead atoms. The molecule has 92 valence electrons. The average molecular weight is 242 g/mol. The lowest BCUT2D eigenvalue weighted by atomic mass is 10.0. The van der Waals surface area contributed by atoms with E-state index >= 15 is 0 Å². The van der Waals surface area contributed by atoms with Crippen LogP contribution in [-0.4, -0.2) is 18.4 Å². The third-order valence-electron chi connectivity index (χ3n) is 3.19. The maximum absolute atomic E-state index is 11.7. The molecule has 0 radical (unpaired) electrons. The molecule has 2 heterocycles. The summed E-state index contributed by atoms with van der Waals surface area (Å²) in [6.07, 6.45) is 0.747. The number of esters is 1. The molecule has 2 aliphatic rings. The van der Waals surface area contributed by atoms with Gasteiger partial charge in [-0.2, -0.15) is 0 Å². The Hall–Kier alpha value is -2.10. The largest absolute Gasteiger partial charge is 0.456 e. The number of fused-ring (bicyclic) bond motifs is 2. The second kappa shape index (κ2) is 3.98. The van der Waals surface area contributed by atoms with Crippen LogP contribution in [0.15, 0.2) is 28.9 Å². The van der Waals surface area contributed by atoms with Crippen LogP contribution in [0.4, 0.5) is 5.69 Å². The summed E-state index contributed by atoms with van der Waals surface area (Å²) in [6, 6.07) is 6.13. The molecule has 3 rings (SSSR count). The standard InChI is InChI=1S/C14H14N2O2/c1-3-12-15-11-5-4-8(2)6-9(11)10-7-18-14(17)13(10)16-12/h4-6H,3,7H2,1-2H3,(H,15,16). The van der Waals surface area contributed by atoms with Gasteiger partial charge in [-0.15, -0.1) is 0 Å². The molecule has 0 amide bonds. The minimum Gasteiger partial charge on any atom is -0.456 e. The monoisotopic (exact) mass is 242 g/mol. The molecule has 0 atom stereocenters. The van der Waals surface area contributed by atoms with Gasteiger partial charge in [0.1, 0.15) is 12.4 Å². The highest BCUT2D eigenvalue weighted by Gasteiger charge is 2.29. The highest BCUT2D eigenvalue weighted by Crippen LogP contribution is 2.34. The van der Waals surface area contributed by atoms with E-state index in [-0.39, 0.29) is 5.97 Å². The number of carbonyl (C=O) groups excluding carboxylic acids is 1. The maximum atomic E-state index is 11.7. The van der Waals surface area contributed by atoms with Crippen molar-refractivity contribution in [3.05, 3.63) is 35.0 Å². The fraction of sp³-hybridized carbons (Fsp3) is 0.286. The average Bonchev–Trinajstić information content (AvgIpc) is 2.64. The number of rotatable bonds is 1. The van der Waals surface area contributed by atoms with Crippen molar-refractivity contribution in [2.75, 3.05) is 11.9 Å². The second-order valence-electron chi connectivity index (χ2n) is 4.49. The van der Waals surface area contributed by atoms with Gasteiger partial charge in [0.25, 0.3) is 0 Å². The lowest BCUT2D eigenvalue weighted by molar-refractivity contribution is -0.135. The zero-order valence-electron chi connectivity index (χ0n) is 10.4. The van der Waals surface area contributed by atoms with Crippen LogP contribution in [0.1, 0.15) is 24.5 Å². The lowest BCUT2D eigenvalue weighted by Gasteiger charge is -2.11. The zero-order chi connectivity index (χ0) is 12.7. The van der Waals surface area contributed by atoms with E-state index in [1.165, 1.54) is 0 Å².